The first-order chi connectivity index (χ1) is 11.2. The molecule has 1 aliphatic rings. The van der Waals surface area contributed by atoms with Crippen molar-refractivity contribution in [1.29, 1.82) is 0 Å². The fourth-order valence-electron chi connectivity index (χ4n) is 2.93. The second-order valence-electron chi connectivity index (χ2n) is 5.67. The molecule has 5 heteroatoms. The van der Waals surface area contributed by atoms with Gasteiger partial charge in [-0.15, -0.1) is 0 Å². The summed E-state index contributed by atoms with van der Waals surface area (Å²) in [4.78, 5) is 4.46. The van der Waals surface area contributed by atoms with Crippen LogP contribution in [0.2, 0.25) is 0 Å². The number of nitrogens with zero attached hydrogens (tertiary/aromatic N) is 2. The highest BCUT2D eigenvalue weighted by Crippen LogP contribution is 2.28. The van der Waals surface area contributed by atoms with Gasteiger partial charge in [0.2, 0.25) is 0 Å². The van der Waals surface area contributed by atoms with E-state index in [0.29, 0.717) is 12.1 Å². The van der Waals surface area contributed by atoms with Gasteiger partial charge in [-0.25, -0.2) is 8.78 Å². The molecule has 0 spiro atoms. The van der Waals surface area contributed by atoms with Gasteiger partial charge in [-0.3, -0.25) is 4.90 Å². The van der Waals surface area contributed by atoms with Gasteiger partial charge in [0.25, 0.3) is 0 Å². The van der Waals surface area contributed by atoms with Crippen LogP contribution in [0.1, 0.15) is 5.56 Å². The Morgan fingerprint density at radius 1 is 1.00 bits per heavy atom. The Morgan fingerprint density at radius 2 is 1.74 bits per heavy atom. The van der Waals surface area contributed by atoms with E-state index >= 15 is 0 Å². The number of hydrogen-bond donors (Lipinski definition) is 0. The molecule has 3 nitrogen and oxygen atoms in total. The lowest BCUT2D eigenvalue weighted by molar-refractivity contribution is 0.245. The summed E-state index contributed by atoms with van der Waals surface area (Å²) in [6.45, 7) is 3.86. The summed E-state index contributed by atoms with van der Waals surface area (Å²) < 4.78 is 32.1. The summed E-state index contributed by atoms with van der Waals surface area (Å²) in [5.74, 6) is -0.144. The summed E-state index contributed by atoms with van der Waals surface area (Å²) in [6, 6.07) is 11.7. The first-order valence-electron chi connectivity index (χ1n) is 7.71. The van der Waals surface area contributed by atoms with Crippen molar-refractivity contribution in [2.24, 2.45) is 0 Å². The molecule has 0 amide bonds. The van der Waals surface area contributed by atoms with Crippen LogP contribution in [0.3, 0.4) is 0 Å². The molecule has 0 radical (unpaired) electrons. The van der Waals surface area contributed by atoms with Gasteiger partial charge in [0, 0.05) is 44.4 Å². The number of ether oxygens (including phenoxy) is 1. The van der Waals surface area contributed by atoms with Crippen LogP contribution in [0.5, 0.6) is 5.75 Å². The normalized spacial score (nSPS) is 15.7. The van der Waals surface area contributed by atoms with Gasteiger partial charge >= 0.3 is 0 Å². The van der Waals surface area contributed by atoms with Gasteiger partial charge in [0.05, 0.1) is 12.8 Å². The van der Waals surface area contributed by atoms with Crippen LogP contribution in [0, 0.1) is 11.6 Å². The molecule has 0 saturated carbocycles. The topological polar surface area (TPSA) is 15.7 Å². The number of rotatable bonds is 4. The largest absolute Gasteiger partial charge is 0.495 e. The summed E-state index contributed by atoms with van der Waals surface area (Å²) in [5.41, 5.74) is 1.62. The van der Waals surface area contributed by atoms with Gasteiger partial charge in [0.15, 0.2) is 0 Å². The third-order valence-electron chi connectivity index (χ3n) is 4.21. The van der Waals surface area contributed by atoms with Crippen LogP contribution in [-0.4, -0.2) is 38.2 Å². The van der Waals surface area contributed by atoms with Crippen molar-refractivity contribution in [2.45, 2.75) is 6.54 Å². The zero-order valence-corrected chi connectivity index (χ0v) is 13.1. The van der Waals surface area contributed by atoms with E-state index in [4.69, 9.17) is 4.74 Å². The summed E-state index contributed by atoms with van der Waals surface area (Å²) in [5, 5.41) is 0. The molecule has 1 saturated heterocycles. The van der Waals surface area contributed by atoms with E-state index in [1.165, 1.54) is 12.1 Å². The molecule has 0 atom stereocenters. The highest BCUT2D eigenvalue weighted by Gasteiger charge is 2.20. The zero-order valence-electron chi connectivity index (χ0n) is 13.1. The molecule has 2 aromatic rings. The molecule has 0 N–H and O–H groups in total. The van der Waals surface area contributed by atoms with E-state index in [-0.39, 0.29) is 0 Å². The highest BCUT2D eigenvalue weighted by molar-refractivity contribution is 5.58. The van der Waals surface area contributed by atoms with Crippen molar-refractivity contribution >= 4 is 5.69 Å². The number of piperazine rings is 1. The molecule has 122 valence electrons. The molecule has 1 fully saturated rings. The third kappa shape index (κ3) is 3.62. The van der Waals surface area contributed by atoms with E-state index in [9.17, 15) is 8.78 Å². The molecule has 0 aromatic heterocycles. The number of anilines is 1. The fourth-order valence-corrected chi connectivity index (χ4v) is 2.93. The molecule has 0 unspecified atom stereocenters. The van der Waals surface area contributed by atoms with Gasteiger partial charge in [-0.2, -0.15) is 0 Å². The van der Waals surface area contributed by atoms with Crippen molar-refractivity contribution in [1.82, 2.24) is 4.90 Å². The van der Waals surface area contributed by atoms with Gasteiger partial charge in [-0.05, 0) is 18.2 Å². The molecule has 23 heavy (non-hydrogen) atoms. The fraction of sp³-hybridized carbons (Fsp3) is 0.333. The minimum atomic E-state index is -0.535. The molecule has 0 bridgehead atoms. The predicted octanol–water partition coefficient (Wildman–Crippen LogP) is 3.30. The van der Waals surface area contributed by atoms with E-state index in [1.54, 1.807) is 7.11 Å². The molecule has 1 heterocycles. The Balaban J connectivity index is 1.62. The number of benzene rings is 2. The van der Waals surface area contributed by atoms with Crippen LogP contribution >= 0.6 is 0 Å². The summed E-state index contributed by atoms with van der Waals surface area (Å²) in [6.07, 6.45) is 0. The zero-order chi connectivity index (χ0) is 16.2. The van der Waals surface area contributed by atoms with Gasteiger partial charge in [0.1, 0.15) is 17.4 Å². The summed E-state index contributed by atoms with van der Waals surface area (Å²) >= 11 is 0. The minimum Gasteiger partial charge on any atom is -0.495 e. The number of methoxy groups -OCH3 is 1. The molecule has 3 rings (SSSR count). The standard InChI is InChI=1S/C18H20F2N2O/c1-23-18-5-3-2-4-17(18)22-10-8-21(9-11-22)13-14-6-7-15(19)12-16(14)20/h2-7,12H,8-11,13H2,1H3. The summed E-state index contributed by atoms with van der Waals surface area (Å²) in [7, 11) is 1.67. The average Bonchev–Trinajstić information content (AvgIpc) is 2.58. The smallest absolute Gasteiger partial charge is 0.142 e. The van der Waals surface area contributed by atoms with Crippen molar-refractivity contribution in [3.8, 4) is 5.75 Å². The van der Waals surface area contributed by atoms with Crippen LogP contribution < -0.4 is 9.64 Å². The van der Waals surface area contributed by atoms with Gasteiger partial charge in [-0.1, -0.05) is 18.2 Å². The second kappa shape index (κ2) is 6.96. The van der Waals surface area contributed by atoms with Crippen LogP contribution in [0.4, 0.5) is 14.5 Å². The van der Waals surface area contributed by atoms with Crippen molar-refractivity contribution < 1.29 is 13.5 Å². The van der Waals surface area contributed by atoms with Gasteiger partial charge < -0.3 is 9.64 Å². The molecule has 2 aromatic carbocycles. The average molecular weight is 318 g/mol. The first kappa shape index (κ1) is 15.7. The van der Waals surface area contributed by atoms with E-state index < -0.39 is 11.6 Å². The Bertz CT molecular complexity index is 670. The lowest BCUT2D eigenvalue weighted by Gasteiger charge is -2.36. The maximum Gasteiger partial charge on any atom is 0.142 e. The maximum atomic E-state index is 13.8. The Labute approximate surface area is 135 Å². The van der Waals surface area contributed by atoms with Crippen molar-refractivity contribution in [2.75, 3.05) is 38.2 Å². The third-order valence-corrected chi connectivity index (χ3v) is 4.21. The Kier molecular flexibility index (Phi) is 4.76. The first-order valence-corrected chi connectivity index (χ1v) is 7.71. The van der Waals surface area contributed by atoms with Crippen molar-refractivity contribution in [3.05, 3.63) is 59.7 Å². The quantitative estimate of drug-likeness (QED) is 0.860. The predicted molar refractivity (Wildman–Crippen MR) is 86.8 cm³/mol. The van der Waals surface area contributed by atoms with E-state index in [1.807, 2.05) is 24.3 Å². The maximum absolute atomic E-state index is 13.8. The monoisotopic (exact) mass is 318 g/mol. The Hall–Kier alpha value is -2.14. The number of halogens is 2. The van der Waals surface area contributed by atoms with Crippen LogP contribution in [0.25, 0.3) is 0 Å². The number of para-hydroxylation sites is 2. The van der Waals surface area contributed by atoms with Crippen LogP contribution in [-0.2, 0) is 6.54 Å². The highest BCUT2D eigenvalue weighted by atomic mass is 19.1. The van der Waals surface area contributed by atoms with Crippen LogP contribution in [0.15, 0.2) is 42.5 Å². The SMILES string of the molecule is COc1ccccc1N1CCN(Cc2ccc(F)cc2F)CC1. The molecule has 0 aliphatic carbocycles. The lowest BCUT2D eigenvalue weighted by Crippen LogP contribution is -2.46. The molecular formula is C18H20F2N2O. The van der Waals surface area contributed by atoms with E-state index in [0.717, 1.165) is 43.7 Å². The lowest BCUT2D eigenvalue weighted by atomic mass is 10.1. The Morgan fingerprint density at radius 3 is 2.43 bits per heavy atom. The van der Waals surface area contributed by atoms with Crippen molar-refractivity contribution in [3.63, 3.8) is 0 Å². The molecular weight excluding hydrogens is 298 g/mol. The van der Waals surface area contributed by atoms with E-state index in [2.05, 4.69) is 9.80 Å². The second-order valence-corrected chi connectivity index (χ2v) is 5.67. The molecule has 1 aliphatic heterocycles. The minimum absolute atomic E-state index is 0.475. The number of hydrogen-bond acceptors (Lipinski definition) is 3.